The van der Waals surface area contributed by atoms with Crippen LogP contribution in [0.4, 0.5) is 0 Å². The molecule has 0 bridgehead atoms. The predicted octanol–water partition coefficient (Wildman–Crippen LogP) is 2.62. The van der Waals surface area contributed by atoms with Crippen LogP contribution >= 0.6 is 0 Å². The average molecular weight is 282 g/mol. The Labute approximate surface area is 118 Å². The van der Waals surface area contributed by atoms with Crippen molar-refractivity contribution in [2.45, 2.75) is 51.7 Å². The van der Waals surface area contributed by atoms with E-state index in [9.17, 15) is 9.59 Å². The molecular weight excluding hydrogens is 260 g/mol. The molecule has 1 aliphatic carbocycles. The SMILES string of the molecule is C=C(C)C(=O)O.CC(=CCC1CCC2OC2C1)C(=O)O. The Hall–Kier alpha value is -1.62. The molecule has 0 aromatic carbocycles. The lowest BCUT2D eigenvalue weighted by atomic mass is 9.86. The van der Waals surface area contributed by atoms with Crippen molar-refractivity contribution < 1.29 is 24.5 Å². The molecule has 3 unspecified atom stereocenters. The molecule has 20 heavy (non-hydrogen) atoms. The van der Waals surface area contributed by atoms with Gasteiger partial charge in [0.05, 0.1) is 12.2 Å². The van der Waals surface area contributed by atoms with Crippen LogP contribution in [-0.2, 0) is 14.3 Å². The van der Waals surface area contributed by atoms with E-state index in [0.717, 1.165) is 19.3 Å². The zero-order valence-electron chi connectivity index (χ0n) is 12.0. The van der Waals surface area contributed by atoms with Gasteiger partial charge in [-0.2, -0.15) is 0 Å². The lowest BCUT2D eigenvalue weighted by Gasteiger charge is -2.16. The Kier molecular flexibility index (Phi) is 5.95. The van der Waals surface area contributed by atoms with Gasteiger partial charge in [0.2, 0.25) is 0 Å². The van der Waals surface area contributed by atoms with E-state index in [0.29, 0.717) is 23.7 Å². The van der Waals surface area contributed by atoms with Gasteiger partial charge in [-0.1, -0.05) is 12.7 Å². The summed E-state index contributed by atoms with van der Waals surface area (Å²) in [6.07, 6.45) is 7.23. The van der Waals surface area contributed by atoms with E-state index in [2.05, 4.69) is 6.58 Å². The minimum Gasteiger partial charge on any atom is -0.478 e. The van der Waals surface area contributed by atoms with Crippen molar-refractivity contribution in [2.24, 2.45) is 5.92 Å². The standard InChI is InChI=1S/C11H16O3.C4H6O2/c1-7(11(12)13)2-3-8-4-5-9-10(6-8)14-9;1-3(2)4(5)6/h2,8-10H,3-6H2,1H3,(H,12,13);1H2,2H3,(H,5,6). The van der Waals surface area contributed by atoms with Crippen LogP contribution in [0.2, 0.25) is 0 Å². The monoisotopic (exact) mass is 282 g/mol. The Balaban J connectivity index is 0.000000286. The van der Waals surface area contributed by atoms with Crippen molar-refractivity contribution in [3.05, 3.63) is 23.8 Å². The van der Waals surface area contributed by atoms with Crippen LogP contribution < -0.4 is 0 Å². The van der Waals surface area contributed by atoms with Gasteiger partial charge in [-0.3, -0.25) is 0 Å². The number of hydrogen-bond donors (Lipinski definition) is 2. The summed E-state index contributed by atoms with van der Waals surface area (Å²) in [5, 5.41) is 16.6. The first kappa shape index (κ1) is 16.4. The van der Waals surface area contributed by atoms with Gasteiger partial charge in [0, 0.05) is 11.1 Å². The van der Waals surface area contributed by atoms with Crippen LogP contribution in [0.25, 0.3) is 0 Å². The van der Waals surface area contributed by atoms with Crippen molar-refractivity contribution >= 4 is 11.9 Å². The number of carboxylic acids is 2. The second kappa shape index (κ2) is 7.24. The molecule has 1 aliphatic heterocycles. The summed E-state index contributed by atoms with van der Waals surface area (Å²) in [5.74, 6) is -1.11. The topological polar surface area (TPSA) is 87.1 Å². The first-order valence-corrected chi connectivity index (χ1v) is 6.75. The highest BCUT2D eigenvalue weighted by molar-refractivity contribution is 5.85. The van der Waals surface area contributed by atoms with E-state index in [1.165, 1.54) is 13.3 Å². The fourth-order valence-corrected chi connectivity index (χ4v) is 2.13. The van der Waals surface area contributed by atoms with Gasteiger partial charge in [-0.05, 0) is 45.4 Å². The molecule has 1 saturated carbocycles. The lowest BCUT2D eigenvalue weighted by Crippen LogP contribution is -2.13. The van der Waals surface area contributed by atoms with E-state index >= 15 is 0 Å². The number of fused-ring (bicyclic) bond motifs is 1. The van der Waals surface area contributed by atoms with Crippen molar-refractivity contribution in [3.8, 4) is 0 Å². The molecule has 0 aromatic heterocycles. The Bertz CT molecular complexity index is 412. The Morgan fingerprint density at radius 2 is 1.80 bits per heavy atom. The van der Waals surface area contributed by atoms with E-state index < -0.39 is 11.9 Å². The number of rotatable bonds is 4. The number of carbonyl (C=O) groups is 2. The van der Waals surface area contributed by atoms with E-state index in [4.69, 9.17) is 14.9 Å². The first-order chi connectivity index (χ1) is 9.31. The third-order valence-corrected chi connectivity index (χ3v) is 3.57. The molecule has 2 N–H and O–H groups in total. The van der Waals surface area contributed by atoms with Crippen molar-refractivity contribution in [3.63, 3.8) is 0 Å². The van der Waals surface area contributed by atoms with Gasteiger partial charge in [0.1, 0.15) is 0 Å². The van der Waals surface area contributed by atoms with Crippen LogP contribution in [0.3, 0.4) is 0 Å². The third kappa shape index (κ3) is 5.57. The summed E-state index contributed by atoms with van der Waals surface area (Å²) in [5.41, 5.74) is 0.638. The minimum absolute atomic E-state index is 0.176. The quantitative estimate of drug-likeness (QED) is 0.611. The normalized spacial score (nSPS) is 27.7. The zero-order chi connectivity index (χ0) is 15.3. The summed E-state index contributed by atoms with van der Waals surface area (Å²) >= 11 is 0. The largest absolute Gasteiger partial charge is 0.478 e. The summed E-state index contributed by atoms with van der Waals surface area (Å²) in [4.78, 5) is 20.2. The van der Waals surface area contributed by atoms with Crippen LogP contribution in [0.5, 0.6) is 0 Å². The predicted molar refractivity (Wildman–Crippen MR) is 74.5 cm³/mol. The van der Waals surface area contributed by atoms with Gasteiger partial charge >= 0.3 is 11.9 Å². The first-order valence-electron chi connectivity index (χ1n) is 6.75. The maximum absolute atomic E-state index is 10.6. The van der Waals surface area contributed by atoms with Crippen molar-refractivity contribution in [1.82, 2.24) is 0 Å². The van der Waals surface area contributed by atoms with Gasteiger partial charge in [-0.25, -0.2) is 9.59 Å². The number of hydrogen-bond acceptors (Lipinski definition) is 3. The second-order valence-electron chi connectivity index (χ2n) is 5.41. The molecular formula is C15H22O5. The van der Waals surface area contributed by atoms with Gasteiger partial charge < -0.3 is 14.9 Å². The molecule has 0 radical (unpaired) electrons. The molecule has 0 amide bonds. The van der Waals surface area contributed by atoms with Crippen LogP contribution in [0.1, 0.15) is 39.5 Å². The average Bonchev–Trinajstić information content (AvgIpc) is 3.14. The number of epoxide rings is 1. The number of aliphatic carboxylic acids is 2. The minimum atomic E-state index is -0.935. The highest BCUT2D eigenvalue weighted by atomic mass is 16.6. The van der Waals surface area contributed by atoms with Crippen molar-refractivity contribution in [1.29, 1.82) is 0 Å². The molecule has 5 heteroatoms. The van der Waals surface area contributed by atoms with Gasteiger partial charge in [0.25, 0.3) is 0 Å². The molecule has 2 rings (SSSR count). The Morgan fingerprint density at radius 3 is 2.25 bits per heavy atom. The third-order valence-electron chi connectivity index (χ3n) is 3.57. The summed E-state index contributed by atoms with van der Waals surface area (Å²) in [7, 11) is 0. The smallest absolute Gasteiger partial charge is 0.330 e. The van der Waals surface area contributed by atoms with Crippen LogP contribution in [0, 0.1) is 5.92 Å². The van der Waals surface area contributed by atoms with E-state index in [1.807, 2.05) is 6.08 Å². The number of ether oxygens (including phenoxy) is 1. The van der Waals surface area contributed by atoms with E-state index in [-0.39, 0.29) is 5.57 Å². The fourth-order valence-electron chi connectivity index (χ4n) is 2.13. The van der Waals surface area contributed by atoms with Gasteiger partial charge in [0.15, 0.2) is 0 Å². The molecule has 0 spiro atoms. The number of carboxylic acid groups (broad SMARTS) is 2. The lowest BCUT2D eigenvalue weighted by molar-refractivity contribution is -0.133. The van der Waals surface area contributed by atoms with E-state index in [1.54, 1.807) is 6.92 Å². The fraction of sp³-hybridized carbons (Fsp3) is 0.600. The summed E-state index contributed by atoms with van der Waals surface area (Å²) in [6.45, 7) is 6.26. The highest BCUT2D eigenvalue weighted by Crippen LogP contribution is 2.40. The van der Waals surface area contributed by atoms with Crippen molar-refractivity contribution in [2.75, 3.05) is 0 Å². The maximum Gasteiger partial charge on any atom is 0.330 e. The molecule has 5 nitrogen and oxygen atoms in total. The molecule has 112 valence electrons. The molecule has 1 saturated heterocycles. The highest BCUT2D eigenvalue weighted by Gasteiger charge is 2.43. The maximum atomic E-state index is 10.6. The zero-order valence-corrected chi connectivity index (χ0v) is 12.0. The molecule has 2 aliphatic rings. The summed E-state index contributed by atoms with van der Waals surface area (Å²) < 4.78 is 5.43. The molecule has 2 fully saturated rings. The van der Waals surface area contributed by atoms with Gasteiger partial charge in [-0.15, -0.1) is 0 Å². The molecule has 3 atom stereocenters. The second-order valence-corrected chi connectivity index (χ2v) is 5.41. The Morgan fingerprint density at radius 1 is 1.20 bits per heavy atom. The summed E-state index contributed by atoms with van der Waals surface area (Å²) in [6, 6.07) is 0. The molecule has 1 heterocycles. The van der Waals surface area contributed by atoms with Crippen LogP contribution in [0.15, 0.2) is 23.8 Å². The van der Waals surface area contributed by atoms with Crippen LogP contribution in [-0.4, -0.2) is 34.4 Å². The number of allylic oxidation sites excluding steroid dienone is 1. The molecule has 0 aromatic rings.